The molecular weight excluding hydrogens is 362 g/mol. The van der Waals surface area contributed by atoms with Gasteiger partial charge in [-0.3, -0.25) is 20.2 Å². The van der Waals surface area contributed by atoms with Gasteiger partial charge in [-0.25, -0.2) is 9.78 Å². The fourth-order valence-corrected chi connectivity index (χ4v) is 2.73. The van der Waals surface area contributed by atoms with Crippen LogP contribution < -0.4 is 5.32 Å². The third-order valence-electron chi connectivity index (χ3n) is 3.16. The average molecular weight is 373 g/mol. The molecule has 1 N–H and O–H groups in total. The number of thiazole rings is 1. The first kappa shape index (κ1) is 17.3. The molecule has 0 bridgehead atoms. The lowest BCUT2D eigenvalue weighted by Gasteiger charge is -2.02. The Morgan fingerprint density at radius 1 is 1.31 bits per heavy atom. The number of nitro benzene ring substituents is 1. The van der Waals surface area contributed by atoms with Gasteiger partial charge in [0, 0.05) is 23.1 Å². The maximum Gasteiger partial charge on any atom is 0.374 e. The molecule has 0 aliphatic heterocycles. The molecule has 2 aromatic heterocycles. The number of furan rings is 1. The van der Waals surface area contributed by atoms with Crippen LogP contribution >= 0.6 is 11.3 Å². The number of carbonyl (C=O) groups excluding carboxylic acids is 2. The van der Waals surface area contributed by atoms with E-state index < -0.39 is 23.4 Å². The number of rotatable bonds is 6. The topological polar surface area (TPSA) is 125 Å². The molecule has 0 fully saturated rings. The van der Waals surface area contributed by atoms with Gasteiger partial charge in [0.15, 0.2) is 11.7 Å². The van der Waals surface area contributed by atoms with Crippen molar-refractivity contribution in [3.63, 3.8) is 0 Å². The second-order valence-corrected chi connectivity index (χ2v) is 5.81. The van der Waals surface area contributed by atoms with Gasteiger partial charge in [-0.2, -0.15) is 0 Å². The van der Waals surface area contributed by atoms with E-state index in [4.69, 9.17) is 9.15 Å². The van der Waals surface area contributed by atoms with Crippen LogP contribution in [0, 0.1) is 10.1 Å². The van der Waals surface area contributed by atoms with Crippen molar-refractivity contribution in [1.82, 2.24) is 4.98 Å². The first-order valence-electron chi connectivity index (χ1n) is 7.24. The highest BCUT2D eigenvalue weighted by Crippen LogP contribution is 2.27. The fraction of sp³-hybridized carbons (Fsp3) is 0.0625. The summed E-state index contributed by atoms with van der Waals surface area (Å²) in [5.74, 6) is -1.31. The van der Waals surface area contributed by atoms with E-state index in [1.165, 1.54) is 30.5 Å². The molecule has 10 heteroatoms. The Morgan fingerprint density at radius 3 is 2.88 bits per heavy atom. The number of nitro groups is 1. The highest BCUT2D eigenvalue weighted by Gasteiger charge is 2.14. The van der Waals surface area contributed by atoms with Gasteiger partial charge < -0.3 is 9.15 Å². The standard InChI is InChI=1S/C16H11N3O6S/c20-14(8-25-15(21)13-5-2-6-24-13)18-16-17-12(9-26-16)10-3-1-4-11(7-10)19(22)23/h1-7,9H,8H2,(H,17,18,20). The monoisotopic (exact) mass is 373 g/mol. The second kappa shape index (κ2) is 7.57. The van der Waals surface area contributed by atoms with Gasteiger partial charge in [0.25, 0.3) is 11.6 Å². The predicted molar refractivity (Wildman–Crippen MR) is 91.8 cm³/mol. The first-order valence-corrected chi connectivity index (χ1v) is 8.12. The summed E-state index contributed by atoms with van der Waals surface area (Å²) in [5.41, 5.74) is 0.993. The number of hydrogen-bond donors (Lipinski definition) is 1. The van der Waals surface area contributed by atoms with Crippen molar-refractivity contribution in [3.05, 3.63) is 63.9 Å². The van der Waals surface area contributed by atoms with Crippen molar-refractivity contribution >= 4 is 34.0 Å². The van der Waals surface area contributed by atoms with Crippen molar-refractivity contribution in [2.24, 2.45) is 0 Å². The molecule has 1 aromatic carbocycles. The minimum Gasteiger partial charge on any atom is -0.457 e. The van der Waals surface area contributed by atoms with Crippen molar-refractivity contribution < 1.29 is 23.7 Å². The molecule has 0 spiro atoms. The number of carbonyl (C=O) groups is 2. The minimum atomic E-state index is -0.749. The zero-order valence-corrected chi connectivity index (χ0v) is 13.9. The molecule has 132 valence electrons. The van der Waals surface area contributed by atoms with Gasteiger partial charge in [-0.05, 0) is 12.1 Å². The Labute approximate surface area is 150 Å². The Kier molecular flexibility index (Phi) is 5.04. The van der Waals surface area contributed by atoms with Gasteiger partial charge in [-0.15, -0.1) is 11.3 Å². The van der Waals surface area contributed by atoms with Crippen molar-refractivity contribution in [2.45, 2.75) is 0 Å². The van der Waals surface area contributed by atoms with Crippen LogP contribution in [0.25, 0.3) is 11.3 Å². The smallest absolute Gasteiger partial charge is 0.374 e. The van der Waals surface area contributed by atoms with E-state index in [1.807, 2.05) is 0 Å². The van der Waals surface area contributed by atoms with E-state index in [2.05, 4.69) is 10.3 Å². The maximum absolute atomic E-state index is 11.8. The highest BCUT2D eigenvalue weighted by molar-refractivity contribution is 7.14. The number of nitrogens with one attached hydrogen (secondary N) is 1. The maximum atomic E-state index is 11.8. The second-order valence-electron chi connectivity index (χ2n) is 4.95. The van der Waals surface area contributed by atoms with E-state index in [1.54, 1.807) is 17.5 Å². The number of ether oxygens (including phenoxy) is 1. The largest absolute Gasteiger partial charge is 0.457 e. The molecule has 0 saturated carbocycles. The minimum absolute atomic E-state index is 0.00000628. The van der Waals surface area contributed by atoms with Gasteiger partial charge in [0.05, 0.1) is 16.9 Å². The Morgan fingerprint density at radius 2 is 2.15 bits per heavy atom. The van der Waals surface area contributed by atoms with Crippen LogP contribution in [0.4, 0.5) is 10.8 Å². The lowest BCUT2D eigenvalue weighted by molar-refractivity contribution is -0.384. The fourth-order valence-electron chi connectivity index (χ4n) is 1.99. The van der Waals surface area contributed by atoms with Gasteiger partial charge in [0.1, 0.15) is 0 Å². The summed E-state index contributed by atoms with van der Waals surface area (Å²) >= 11 is 1.15. The van der Waals surface area contributed by atoms with E-state index >= 15 is 0 Å². The summed E-state index contributed by atoms with van der Waals surface area (Å²) in [6, 6.07) is 8.96. The molecular formula is C16H11N3O6S. The van der Waals surface area contributed by atoms with E-state index in [-0.39, 0.29) is 16.6 Å². The number of amides is 1. The molecule has 26 heavy (non-hydrogen) atoms. The van der Waals surface area contributed by atoms with Crippen LogP contribution in [0.2, 0.25) is 0 Å². The molecule has 9 nitrogen and oxygen atoms in total. The lowest BCUT2D eigenvalue weighted by Crippen LogP contribution is -2.20. The van der Waals surface area contributed by atoms with Crippen molar-refractivity contribution in [3.8, 4) is 11.3 Å². The molecule has 1 amide bonds. The van der Waals surface area contributed by atoms with Crippen LogP contribution in [0.3, 0.4) is 0 Å². The average Bonchev–Trinajstić information content (AvgIpc) is 3.32. The van der Waals surface area contributed by atoms with E-state index in [0.29, 0.717) is 11.3 Å². The van der Waals surface area contributed by atoms with Gasteiger partial charge >= 0.3 is 5.97 Å². The van der Waals surface area contributed by atoms with Crippen molar-refractivity contribution in [1.29, 1.82) is 0 Å². The van der Waals surface area contributed by atoms with Crippen LogP contribution in [0.1, 0.15) is 10.6 Å². The van der Waals surface area contributed by atoms with Gasteiger partial charge in [-0.1, -0.05) is 12.1 Å². The molecule has 3 aromatic rings. The molecule has 0 unspecified atom stereocenters. The first-order chi connectivity index (χ1) is 12.5. The molecule has 0 aliphatic rings. The molecule has 0 aliphatic carbocycles. The normalized spacial score (nSPS) is 10.3. The SMILES string of the molecule is O=C(COC(=O)c1ccco1)Nc1nc(-c2cccc([N+](=O)[O-])c2)cs1. The van der Waals surface area contributed by atoms with Crippen LogP contribution in [-0.2, 0) is 9.53 Å². The summed E-state index contributed by atoms with van der Waals surface area (Å²) in [5, 5.41) is 15.3. The summed E-state index contributed by atoms with van der Waals surface area (Å²) in [6.45, 7) is -0.495. The molecule has 3 rings (SSSR count). The number of esters is 1. The predicted octanol–water partition coefficient (Wildman–Crippen LogP) is 3.11. The van der Waals surface area contributed by atoms with E-state index in [9.17, 15) is 19.7 Å². The number of nitrogens with zero attached hydrogens (tertiary/aromatic N) is 2. The number of non-ortho nitro benzene ring substituents is 1. The summed E-state index contributed by atoms with van der Waals surface area (Å²) in [7, 11) is 0. The summed E-state index contributed by atoms with van der Waals surface area (Å²) < 4.78 is 9.67. The number of hydrogen-bond acceptors (Lipinski definition) is 8. The Bertz CT molecular complexity index is 951. The van der Waals surface area contributed by atoms with Crippen molar-refractivity contribution in [2.75, 3.05) is 11.9 Å². The molecule has 0 atom stereocenters. The Hall–Kier alpha value is -3.53. The summed E-state index contributed by atoms with van der Waals surface area (Å²) in [6.07, 6.45) is 1.32. The Balaban J connectivity index is 1.59. The quantitative estimate of drug-likeness (QED) is 0.400. The zero-order chi connectivity index (χ0) is 18.5. The van der Waals surface area contributed by atoms with Gasteiger partial charge in [0.2, 0.25) is 5.76 Å². The molecule has 2 heterocycles. The number of anilines is 1. The number of aromatic nitrogens is 1. The third kappa shape index (κ3) is 4.11. The van der Waals surface area contributed by atoms with E-state index in [0.717, 1.165) is 11.3 Å². The van der Waals surface area contributed by atoms with Crippen LogP contribution in [0.15, 0.2) is 52.5 Å². The van der Waals surface area contributed by atoms with Crippen LogP contribution in [-0.4, -0.2) is 28.4 Å². The molecule has 0 radical (unpaired) electrons. The highest BCUT2D eigenvalue weighted by atomic mass is 32.1. The summed E-state index contributed by atoms with van der Waals surface area (Å²) in [4.78, 5) is 37.9. The lowest BCUT2D eigenvalue weighted by atomic mass is 10.1. The number of benzene rings is 1. The zero-order valence-electron chi connectivity index (χ0n) is 13.1. The molecule has 0 saturated heterocycles. The van der Waals surface area contributed by atoms with Crippen LogP contribution in [0.5, 0.6) is 0 Å². The third-order valence-corrected chi connectivity index (χ3v) is 3.92.